The number of carbonyl (C=O) groups is 2. The first-order chi connectivity index (χ1) is 9.60. The van der Waals surface area contributed by atoms with Gasteiger partial charge in [0.25, 0.3) is 0 Å². The fourth-order valence-corrected chi connectivity index (χ4v) is 2.33. The van der Waals surface area contributed by atoms with Crippen LogP contribution >= 0.6 is 0 Å². The van der Waals surface area contributed by atoms with E-state index in [9.17, 15) is 9.59 Å². The smallest absolute Gasteiger partial charge is 0.230 e. The first kappa shape index (κ1) is 14.4. The summed E-state index contributed by atoms with van der Waals surface area (Å²) in [4.78, 5) is 26.8. The number of rotatable bonds is 4. The summed E-state index contributed by atoms with van der Waals surface area (Å²) in [6.07, 6.45) is 0.0164. The number of anilines is 1. The second kappa shape index (κ2) is 6.41. The second-order valence-corrected chi connectivity index (χ2v) is 4.94. The molecule has 0 aliphatic carbocycles. The van der Waals surface area contributed by atoms with Crippen LogP contribution in [0.25, 0.3) is 0 Å². The molecule has 0 bridgehead atoms. The molecule has 1 amide bonds. The van der Waals surface area contributed by atoms with Gasteiger partial charge in [0.1, 0.15) is 11.5 Å². The highest BCUT2D eigenvalue weighted by molar-refractivity contribution is 5.96. The Kier molecular flexibility index (Phi) is 4.61. The van der Waals surface area contributed by atoms with Crippen molar-refractivity contribution < 1.29 is 14.3 Å². The number of ether oxygens (including phenoxy) is 1. The molecule has 1 aromatic carbocycles. The molecule has 0 N–H and O–H groups in total. The summed E-state index contributed by atoms with van der Waals surface area (Å²) in [7, 11) is 1.65. The maximum atomic E-state index is 11.8. The Labute approximate surface area is 119 Å². The SMILES string of the molecule is COc1ccc(N2CCN(C(=O)CC(C)=O)CC2)cc1. The highest BCUT2D eigenvalue weighted by Gasteiger charge is 2.21. The fraction of sp³-hybridized carbons (Fsp3) is 0.467. The maximum absolute atomic E-state index is 11.8. The highest BCUT2D eigenvalue weighted by atomic mass is 16.5. The lowest BCUT2D eigenvalue weighted by atomic mass is 10.2. The van der Waals surface area contributed by atoms with Gasteiger partial charge in [-0.3, -0.25) is 9.59 Å². The molecule has 1 heterocycles. The average Bonchev–Trinajstić information content (AvgIpc) is 2.47. The van der Waals surface area contributed by atoms with Crippen LogP contribution in [0.5, 0.6) is 5.75 Å². The monoisotopic (exact) mass is 276 g/mol. The third-order valence-electron chi connectivity index (χ3n) is 3.47. The average molecular weight is 276 g/mol. The summed E-state index contributed by atoms with van der Waals surface area (Å²) in [5.41, 5.74) is 1.13. The van der Waals surface area contributed by atoms with Crippen LogP contribution < -0.4 is 9.64 Å². The molecule has 0 saturated carbocycles. The van der Waals surface area contributed by atoms with Crippen LogP contribution in [0.15, 0.2) is 24.3 Å². The molecule has 0 atom stereocenters. The highest BCUT2D eigenvalue weighted by Crippen LogP contribution is 2.20. The number of methoxy groups -OCH3 is 1. The Hall–Kier alpha value is -2.04. The minimum atomic E-state index is -0.0763. The summed E-state index contributed by atoms with van der Waals surface area (Å²) in [5, 5.41) is 0. The Morgan fingerprint density at radius 2 is 1.70 bits per heavy atom. The topological polar surface area (TPSA) is 49.9 Å². The first-order valence-electron chi connectivity index (χ1n) is 6.76. The largest absolute Gasteiger partial charge is 0.497 e. The number of hydrogen-bond donors (Lipinski definition) is 0. The molecule has 1 aliphatic rings. The van der Waals surface area contributed by atoms with E-state index in [0.29, 0.717) is 13.1 Å². The Morgan fingerprint density at radius 3 is 2.20 bits per heavy atom. The van der Waals surface area contributed by atoms with E-state index in [-0.39, 0.29) is 18.1 Å². The first-order valence-corrected chi connectivity index (χ1v) is 6.76. The van der Waals surface area contributed by atoms with E-state index in [0.717, 1.165) is 24.5 Å². The van der Waals surface area contributed by atoms with Gasteiger partial charge in [0.2, 0.25) is 5.91 Å². The Bertz CT molecular complexity index is 476. The lowest BCUT2D eigenvalue weighted by Gasteiger charge is -2.36. The van der Waals surface area contributed by atoms with Crippen molar-refractivity contribution in [3.8, 4) is 5.75 Å². The molecule has 1 fully saturated rings. The Balaban J connectivity index is 1.90. The zero-order valence-corrected chi connectivity index (χ0v) is 12.0. The van der Waals surface area contributed by atoms with Crippen LogP contribution in [0.3, 0.4) is 0 Å². The van der Waals surface area contributed by atoms with Crippen molar-refractivity contribution in [1.82, 2.24) is 4.90 Å². The van der Waals surface area contributed by atoms with Gasteiger partial charge < -0.3 is 14.5 Å². The molecular weight excluding hydrogens is 256 g/mol. The van der Waals surface area contributed by atoms with E-state index in [2.05, 4.69) is 4.90 Å². The van der Waals surface area contributed by atoms with E-state index in [1.165, 1.54) is 6.92 Å². The minimum absolute atomic E-state index is 0.0164. The molecule has 0 radical (unpaired) electrons. The minimum Gasteiger partial charge on any atom is -0.497 e. The van der Waals surface area contributed by atoms with Crippen LogP contribution in [0.4, 0.5) is 5.69 Å². The van der Waals surface area contributed by atoms with Gasteiger partial charge in [-0.2, -0.15) is 0 Å². The predicted octanol–water partition coefficient (Wildman–Crippen LogP) is 1.32. The van der Waals surface area contributed by atoms with Crippen molar-refractivity contribution in [2.75, 3.05) is 38.2 Å². The van der Waals surface area contributed by atoms with Crippen LogP contribution in [-0.2, 0) is 9.59 Å². The summed E-state index contributed by atoms with van der Waals surface area (Å²) in [5.74, 6) is 0.698. The number of benzene rings is 1. The zero-order valence-electron chi connectivity index (χ0n) is 12.0. The molecule has 0 spiro atoms. The number of hydrogen-bond acceptors (Lipinski definition) is 4. The van der Waals surface area contributed by atoms with Crippen LogP contribution in [0.1, 0.15) is 13.3 Å². The molecule has 5 nitrogen and oxygen atoms in total. The maximum Gasteiger partial charge on any atom is 0.230 e. The Morgan fingerprint density at radius 1 is 1.10 bits per heavy atom. The number of Topliss-reactive ketones (excluding diaryl/α,β-unsaturated/α-hetero) is 1. The van der Waals surface area contributed by atoms with E-state index in [1.807, 2.05) is 24.3 Å². The van der Waals surface area contributed by atoms with Crippen molar-refractivity contribution in [3.63, 3.8) is 0 Å². The fourth-order valence-electron chi connectivity index (χ4n) is 2.33. The second-order valence-electron chi connectivity index (χ2n) is 4.94. The molecule has 5 heteroatoms. The van der Waals surface area contributed by atoms with Gasteiger partial charge in [0.15, 0.2) is 0 Å². The number of nitrogens with zero attached hydrogens (tertiary/aromatic N) is 2. The van der Waals surface area contributed by atoms with Crippen LogP contribution in [0, 0.1) is 0 Å². The third-order valence-corrected chi connectivity index (χ3v) is 3.47. The molecule has 2 rings (SSSR count). The van der Waals surface area contributed by atoms with E-state index in [1.54, 1.807) is 12.0 Å². The summed E-state index contributed by atoms with van der Waals surface area (Å²) in [6.45, 7) is 4.35. The summed E-state index contributed by atoms with van der Waals surface area (Å²) >= 11 is 0. The lowest BCUT2D eigenvalue weighted by Crippen LogP contribution is -2.49. The van der Waals surface area contributed by atoms with E-state index >= 15 is 0 Å². The van der Waals surface area contributed by atoms with Gasteiger partial charge in [-0.25, -0.2) is 0 Å². The van der Waals surface area contributed by atoms with Crippen molar-refractivity contribution in [2.24, 2.45) is 0 Å². The number of ketones is 1. The number of piperazine rings is 1. The molecule has 1 aromatic rings. The normalized spacial score (nSPS) is 15.1. The third kappa shape index (κ3) is 3.50. The standard InChI is InChI=1S/C15H20N2O3/c1-12(18)11-15(19)17-9-7-16(8-10-17)13-3-5-14(20-2)6-4-13/h3-6H,7-11H2,1-2H3. The number of carbonyl (C=O) groups excluding carboxylic acids is 2. The van der Waals surface area contributed by atoms with Gasteiger partial charge in [-0.1, -0.05) is 0 Å². The van der Waals surface area contributed by atoms with Gasteiger partial charge in [-0.05, 0) is 31.2 Å². The molecule has 108 valence electrons. The molecule has 20 heavy (non-hydrogen) atoms. The van der Waals surface area contributed by atoms with Crippen molar-refractivity contribution in [1.29, 1.82) is 0 Å². The van der Waals surface area contributed by atoms with Gasteiger partial charge in [-0.15, -0.1) is 0 Å². The quantitative estimate of drug-likeness (QED) is 0.778. The van der Waals surface area contributed by atoms with Gasteiger partial charge in [0, 0.05) is 31.9 Å². The van der Waals surface area contributed by atoms with Gasteiger partial charge in [0.05, 0.1) is 13.5 Å². The molecular formula is C15H20N2O3. The molecule has 1 aliphatic heterocycles. The molecule has 0 unspecified atom stereocenters. The predicted molar refractivity (Wildman–Crippen MR) is 77.1 cm³/mol. The number of amides is 1. The molecule has 1 saturated heterocycles. The summed E-state index contributed by atoms with van der Waals surface area (Å²) < 4.78 is 5.14. The van der Waals surface area contributed by atoms with Crippen molar-refractivity contribution >= 4 is 17.4 Å². The summed E-state index contributed by atoms with van der Waals surface area (Å²) in [6, 6.07) is 7.91. The van der Waals surface area contributed by atoms with Crippen molar-refractivity contribution in [2.45, 2.75) is 13.3 Å². The van der Waals surface area contributed by atoms with E-state index in [4.69, 9.17) is 4.74 Å². The van der Waals surface area contributed by atoms with Gasteiger partial charge >= 0.3 is 0 Å². The molecule has 0 aromatic heterocycles. The lowest BCUT2D eigenvalue weighted by molar-refractivity contribution is -0.135. The van der Waals surface area contributed by atoms with Crippen LogP contribution in [0.2, 0.25) is 0 Å². The van der Waals surface area contributed by atoms with Crippen LogP contribution in [-0.4, -0.2) is 49.9 Å². The zero-order chi connectivity index (χ0) is 14.5. The van der Waals surface area contributed by atoms with Crippen molar-refractivity contribution in [3.05, 3.63) is 24.3 Å². The van der Waals surface area contributed by atoms with E-state index < -0.39 is 0 Å².